The van der Waals surface area contributed by atoms with Crippen molar-refractivity contribution in [2.75, 3.05) is 45.2 Å². The molecule has 8 heteroatoms. The van der Waals surface area contributed by atoms with Crippen LogP contribution in [0.4, 0.5) is 5.69 Å². The van der Waals surface area contributed by atoms with Crippen molar-refractivity contribution in [1.82, 2.24) is 15.1 Å². The van der Waals surface area contributed by atoms with E-state index in [2.05, 4.69) is 27.6 Å². The number of carbonyl (C=O) groups excluding carboxylic acids is 2. The normalized spacial score (nSPS) is 21.0. The lowest BCUT2D eigenvalue weighted by molar-refractivity contribution is -0.125. The van der Waals surface area contributed by atoms with Crippen molar-refractivity contribution in [3.63, 3.8) is 0 Å². The summed E-state index contributed by atoms with van der Waals surface area (Å²) in [5.74, 6) is 0.788. The van der Waals surface area contributed by atoms with Gasteiger partial charge in [0.15, 0.2) is 0 Å². The Labute approximate surface area is 153 Å². The van der Waals surface area contributed by atoms with Crippen LogP contribution in [0.2, 0.25) is 0 Å². The number of benzene rings is 1. The van der Waals surface area contributed by atoms with E-state index in [1.165, 1.54) is 0 Å². The summed E-state index contributed by atoms with van der Waals surface area (Å²) in [6.45, 7) is 5.87. The van der Waals surface area contributed by atoms with Gasteiger partial charge in [0, 0.05) is 31.9 Å². The lowest BCUT2D eigenvalue weighted by atomic mass is 10.1. The minimum Gasteiger partial charge on any atom is -0.494 e. The summed E-state index contributed by atoms with van der Waals surface area (Å²) in [4.78, 5) is 33.3. The molecule has 3 rings (SSSR count). The highest BCUT2D eigenvalue weighted by atomic mass is 16.5. The van der Waals surface area contributed by atoms with E-state index < -0.39 is 6.04 Å². The van der Waals surface area contributed by atoms with E-state index in [0.29, 0.717) is 18.3 Å². The number of carbonyl (C=O) groups is 2. The Balaban J connectivity index is 1.65. The highest BCUT2D eigenvalue weighted by Gasteiger charge is 2.30. The molecule has 2 amide bonds. The van der Waals surface area contributed by atoms with Crippen molar-refractivity contribution in [2.45, 2.75) is 19.4 Å². The van der Waals surface area contributed by atoms with E-state index in [0.717, 1.165) is 31.9 Å². The van der Waals surface area contributed by atoms with Crippen molar-refractivity contribution in [3.8, 4) is 5.75 Å². The van der Waals surface area contributed by atoms with Crippen LogP contribution in [-0.4, -0.2) is 73.4 Å². The van der Waals surface area contributed by atoms with Gasteiger partial charge in [0.2, 0.25) is 17.8 Å². The lowest BCUT2D eigenvalue weighted by Crippen LogP contribution is -2.55. The van der Waals surface area contributed by atoms with E-state index in [9.17, 15) is 9.59 Å². The minimum absolute atomic E-state index is 0.0557. The van der Waals surface area contributed by atoms with Gasteiger partial charge in [-0.15, -0.1) is 0 Å². The average Bonchev–Trinajstić information content (AvgIpc) is 2.63. The molecule has 0 bridgehead atoms. The molecule has 0 radical (unpaired) electrons. The predicted molar refractivity (Wildman–Crippen MR) is 99.3 cm³/mol. The van der Waals surface area contributed by atoms with Crippen LogP contribution in [-0.2, 0) is 9.59 Å². The molecule has 0 saturated carbocycles. The smallest absolute Gasteiger partial charge is 0.249 e. The van der Waals surface area contributed by atoms with Gasteiger partial charge in [-0.05, 0) is 38.2 Å². The van der Waals surface area contributed by atoms with Gasteiger partial charge in [0.25, 0.3) is 0 Å². The zero-order valence-electron chi connectivity index (χ0n) is 15.2. The van der Waals surface area contributed by atoms with Gasteiger partial charge < -0.3 is 19.9 Å². The molecule has 2 aliphatic rings. The van der Waals surface area contributed by atoms with E-state index in [1.54, 1.807) is 24.3 Å². The molecule has 1 saturated heterocycles. The maximum atomic E-state index is 12.5. The largest absolute Gasteiger partial charge is 0.494 e. The fraction of sp³-hybridized carbons (Fsp3) is 0.500. The first kappa shape index (κ1) is 18.2. The standard InChI is InChI=1S/C18H25N5O3/c1-3-26-14-6-4-13(5-7-14)19-17(25)15-12-16(24)21-18(20-15)23-10-8-22(2)9-11-23/h4-7,15H,3,8-12H2,1-2H3,(H,19,25)(H,20,21,24)/t15-/m1/s1. The van der Waals surface area contributed by atoms with Gasteiger partial charge in [-0.3, -0.25) is 14.9 Å². The Morgan fingerprint density at radius 2 is 1.96 bits per heavy atom. The number of piperazine rings is 1. The topological polar surface area (TPSA) is 86.3 Å². The summed E-state index contributed by atoms with van der Waals surface area (Å²) in [5, 5.41) is 5.62. The third-order valence-electron chi connectivity index (χ3n) is 4.45. The number of hydrogen-bond donors (Lipinski definition) is 2. The van der Waals surface area contributed by atoms with Crippen LogP contribution in [0.25, 0.3) is 0 Å². The van der Waals surface area contributed by atoms with E-state index in [4.69, 9.17) is 4.74 Å². The molecule has 1 aromatic rings. The monoisotopic (exact) mass is 359 g/mol. The fourth-order valence-electron chi connectivity index (χ4n) is 2.93. The summed E-state index contributed by atoms with van der Waals surface area (Å²) >= 11 is 0. The summed E-state index contributed by atoms with van der Waals surface area (Å²) in [6.07, 6.45) is 0.0557. The molecule has 0 aromatic heterocycles. The number of rotatable bonds is 4. The zero-order chi connectivity index (χ0) is 18.5. The minimum atomic E-state index is -0.718. The Bertz CT molecular complexity index is 681. The molecule has 2 N–H and O–H groups in total. The van der Waals surface area contributed by atoms with Gasteiger partial charge >= 0.3 is 0 Å². The molecular weight excluding hydrogens is 334 g/mol. The molecule has 1 aromatic carbocycles. The third kappa shape index (κ3) is 4.51. The maximum absolute atomic E-state index is 12.5. The molecule has 0 unspecified atom stereocenters. The van der Waals surface area contributed by atoms with E-state index >= 15 is 0 Å². The number of anilines is 1. The molecule has 140 valence electrons. The second-order valence-corrected chi connectivity index (χ2v) is 6.46. The number of hydrogen-bond acceptors (Lipinski definition) is 6. The van der Waals surface area contributed by atoms with Gasteiger partial charge in [-0.25, -0.2) is 4.99 Å². The second kappa shape index (κ2) is 8.18. The van der Waals surface area contributed by atoms with Gasteiger partial charge in [0.1, 0.15) is 11.8 Å². The van der Waals surface area contributed by atoms with Crippen molar-refractivity contribution in [1.29, 1.82) is 0 Å². The van der Waals surface area contributed by atoms with Crippen LogP contribution in [0.3, 0.4) is 0 Å². The number of guanidine groups is 1. The molecule has 2 heterocycles. The van der Waals surface area contributed by atoms with Crippen molar-refractivity contribution >= 4 is 23.5 Å². The van der Waals surface area contributed by atoms with Crippen LogP contribution in [0.15, 0.2) is 29.3 Å². The highest BCUT2D eigenvalue weighted by molar-refractivity contribution is 6.05. The Morgan fingerprint density at radius 3 is 2.62 bits per heavy atom. The first-order valence-corrected chi connectivity index (χ1v) is 8.90. The number of likely N-dealkylation sites (N-methyl/N-ethyl adjacent to an activating group) is 1. The van der Waals surface area contributed by atoms with Gasteiger partial charge in [-0.2, -0.15) is 0 Å². The molecule has 1 fully saturated rings. The van der Waals surface area contributed by atoms with Crippen LogP contribution < -0.4 is 15.4 Å². The van der Waals surface area contributed by atoms with Crippen LogP contribution in [0, 0.1) is 0 Å². The van der Waals surface area contributed by atoms with Crippen molar-refractivity contribution < 1.29 is 14.3 Å². The summed E-state index contributed by atoms with van der Waals surface area (Å²) in [7, 11) is 2.06. The Morgan fingerprint density at radius 1 is 1.27 bits per heavy atom. The quantitative estimate of drug-likeness (QED) is 0.818. The Kier molecular flexibility index (Phi) is 5.72. The third-order valence-corrected chi connectivity index (χ3v) is 4.45. The van der Waals surface area contributed by atoms with Gasteiger partial charge in [0.05, 0.1) is 13.0 Å². The second-order valence-electron chi connectivity index (χ2n) is 6.46. The lowest BCUT2D eigenvalue weighted by Gasteiger charge is -2.36. The molecule has 8 nitrogen and oxygen atoms in total. The van der Waals surface area contributed by atoms with Crippen LogP contribution in [0.1, 0.15) is 13.3 Å². The average molecular weight is 359 g/mol. The molecular formula is C18H25N5O3. The number of aliphatic imine (C=N–C) groups is 1. The van der Waals surface area contributed by atoms with Crippen molar-refractivity contribution in [3.05, 3.63) is 24.3 Å². The summed E-state index contributed by atoms with van der Waals surface area (Å²) < 4.78 is 5.39. The molecule has 26 heavy (non-hydrogen) atoms. The molecule has 0 aliphatic carbocycles. The predicted octanol–water partition coefficient (Wildman–Crippen LogP) is 0.516. The summed E-state index contributed by atoms with van der Waals surface area (Å²) in [5.41, 5.74) is 0.654. The first-order chi connectivity index (χ1) is 12.5. The fourth-order valence-corrected chi connectivity index (χ4v) is 2.93. The Hall–Kier alpha value is -2.61. The highest BCUT2D eigenvalue weighted by Crippen LogP contribution is 2.17. The van der Waals surface area contributed by atoms with E-state index in [1.807, 2.05) is 11.8 Å². The first-order valence-electron chi connectivity index (χ1n) is 8.90. The van der Waals surface area contributed by atoms with Gasteiger partial charge in [-0.1, -0.05) is 0 Å². The van der Waals surface area contributed by atoms with Crippen LogP contribution in [0.5, 0.6) is 5.75 Å². The SMILES string of the molecule is CCOc1ccc(NC(=O)[C@H]2CC(=O)NC(N3CCN(C)CC3)=N2)cc1. The molecule has 1 atom stereocenters. The van der Waals surface area contributed by atoms with E-state index in [-0.39, 0.29) is 18.2 Å². The maximum Gasteiger partial charge on any atom is 0.249 e. The van der Waals surface area contributed by atoms with Crippen LogP contribution >= 0.6 is 0 Å². The number of nitrogens with one attached hydrogen (secondary N) is 2. The number of amides is 2. The zero-order valence-corrected chi connectivity index (χ0v) is 15.2. The number of ether oxygens (including phenoxy) is 1. The van der Waals surface area contributed by atoms with Crippen molar-refractivity contribution in [2.24, 2.45) is 4.99 Å². The summed E-state index contributed by atoms with van der Waals surface area (Å²) in [6, 6.07) is 6.43. The number of nitrogens with zero attached hydrogens (tertiary/aromatic N) is 3. The molecule has 0 spiro atoms. The molecule has 2 aliphatic heterocycles.